The maximum atomic E-state index is 13.7. The monoisotopic (exact) mass is 284 g/mol. The maximum Gasteiger partial charge on any atom is 0.315 e. The zero-order chi connectivity index (χ0) is 15.5. The highest BCUT2D eigenvalue weighted by atomic mass is 19.1. The minimum Gasteiger partial charge on any atom is -0.496 e. The Balaban J connectivity index is 3.49. The predicted molar refractivity (Wildman–Crippen MR) is 69.3 cm³/mol. The highest BCUT2D eigenvalue weighted by molar-refractivity contribution is 5.84. The molecule has 0 bridgehead atoms. The zero-order valence-corrected chi connectivity index (χ0v) is 11.8. The quantitative estimate of drug-likeness (QED) is 0.836. The van der Waals surface area contributed by atoms with Gasteiger partial charge in [-0.2, -0.15) is 0 Å². The SMILES string of the molecule is COC(=O)C(C)(C)c1cc(F)cc(CC(=O)O)c1OC. The molecule has 0 aromatic heterocycles. The van der Waals surface area contributed by atoms with Crippen molar-refractivity contribution in [2.75, 3.05) is 14.2 Å². The van der Waals surface area contributed by atoms with Crippen LogP contribution in [0.15, 0.2) is 12.1 Å². The van der Waals surface area contributed by atoms with Gasteiger partial charge in [0.2, 0.25) is 0 Å². The van der Waals surface area contributed by atoms with Gasteiger partial charge in [-0.15, -0.1) is 0 Å². The molecule has 20 heavy (non-hydrogen) atoms. The highest BCUT2D eigenvalue weighted by Gasteiger charge is 2.35. The molecule has 0 amide bonds. The molecule has 0 aliphatic rings. The van der Waals surface area contributed by atoms with Gasteiger partial charge in [0.15, 0.2) is 0 Å². The molecular weight excluding hydrogens is 267 g/mol. The molecule has 0 unspecified atom stereocenters. The van der Waals surface area contributed by atoms with Crippen LogP contribution < -0.4 is 4.74 Å². The van der Waals surface area contributed by atoms with Gasteiger partial charge in [0.05, 0.1) is 26.1 Å². The lowest BCUT2D eigenvalue weighted by Crippen LogP contribution is -2.31. The summed E-state index contributed by atoms with van der Waals surface area (Å²) < 4.78 is 23.6. The van der Waals surface area contributed by atoms with Crippen LogP contribution in [0.5, 0.6) is 5.75 Å². The van der Waals surface area contributed by atoms with Crippen molar-refractivity contribution >= 4 is 11.9 Å². The standard InChI is InChI=1S/C14H17FO5/c1-14(2,13(18)20-4)10-7-9(15)5-8(6-11(16)17)12(10)19-3/h5,7H,6H2,1-4H3,(H,16,17). The molecule has 0 saturated carbocycles. The number of esters is 1. The van der Waals surface area contributed by atoms with Crippen LogP contribution in [-0.2, 0) is 26.2 Å². The molecule has 0 atom stereocenters. The Kier molecular flexibility index (Phi) is 4.70. The minimum absolute atomic E-state index is 0.173. The summed E-state index contributed by atoms with van der Waals surface area (Å²) in [6.07, 6.45) is -0.398. The van der Waals surface area contributed by atoms with Crippen LogP contribution >= 0.6 is 0 Å². The van der Waals surface area contributed by atoms with E-state index in [9.17, 15) is 14.0 Å². The molecule has 6 heteroatoms. The Morgan fingerprint density at radius 1 is 1.30 bits per heavy atom. The normalized spacial score (nSPS) is 11.1. The highest BCUT2D eigenvalue weighted by Crippen LogP contribution is 2.36. The van der Waals surface area contributed by atoms with E-state index in [-0.39, 0.29) is 16.9 Å². The molecule has 1 aromatic rings. The van der Waals surface area contributed by atoms with Gasteiger partial charge in [-0.25, -0.2) is 4.39 Å². The number of methoxy groups -OCH3 is 2. The second-order valence-electron chi connectivity index (χ2n) is 4.83. The van der Waals surface area contributed by atoms with E-state index >= 15 is 0 Å². The number of carbonyl (C=O) groups excluding carboxylic acids is 1. The Labute approximate surface area is 116 Å². The number of ether oxygens (including phenoxy) is 2. The number of carboxylic acids is 1. The summed E-state index contributed by atoms with van der Waals surface area (Å²) >= 11 is 0. The van der Waals surface area contributed by atoms with Gasteiger partial charge in [0, 0.05) is 11.1 Å². The number of rotatable bonds is 5. The van der Waals surface area contributed by atoms with Crippen LogP contribution in [0.25, 0.3) is 0 Å². The summed E-state index contributed by atoms with van der Waals surface area (Å²) in [4.78, 5) is 22.7. The van der Waals surface area contributed by atoms with E-state index in [4.69, 9.17) is 14.6 Å². The molecule has 0 aliphatic carbocycles. The molecule has 1 N–H and O–H groups in total. The largest absolute Gasteiger partial charge is 0.496 e. The molecule has 5 nitrogen and oxygen atoms in total. The molecule has 110 valence electrons. The van der Waals surface area contributed by atoms with Gasteiger partial charge >= 0.3 is 11.9 Å². The van der Waals surface area contributed by atoms with Crippen LogP contribution in [0.1, 0.15) is 25.0 Å². The molecule has 1 rings (SSSR count). The van der Waals surface area contributed by atoms with Crippen molar-refractivity contribution in [3.8, 4) is 5.75 Å². The smallest absolute Gasteiger partial charge is 0.315 e. The van der Waals surface area contributed by atoms with E-state index < -0.39 is 29.6 Å². The number of hydrogen-bond acceptors (Lipinski definition) is 4. The predicted octanol–water partition coefficient (Wildman–Crippen LogP) is 1.91. The van der Waals surface area contributed by atoms with Crippen LogP contribution in [-0.4, -0.2) is 31.3 Å². The van der Waals surface area contributed by atoms with Crippen molar-refractivity contribution in [3.05, 3.63) is 29.1 Å². The Morgan fingerprint density at radius 3 is 2.35 bits per heavy atom. The van der Waals surface area contributed by atoms with Crippen molar-refractivity contribution < 1.29 is 28.6 Å². The maximum absolute atomic E-state index is 13.7. The lowest BCUT2D eigenvalue weighted by Gasteiger charge is -2.25. The van der Waals surface area contributed by atoms with Crippen molar-refractivity contribution in [3.63, 3.8) is 0 Å². The first-order chi connectivity index (χ1) is 9.23. The van der Waals surface area contributed by atoms with E-state index in [0.29, 0.717) is 0 Å². The first kappa shape index (κ1) is 15.9. The van der Waals surface area contributed by atoms with E-state index in [1.54, 1.807) is 13.8 Å². The fraction of sp³-hybridized carbons (Fsp3) is 0.429. The number of halogens is 1. The van der Waals surface area contributed by atoms with Crippen LogP contribution in [0.3, 0.4) is 0 Å². The topological polar surface area (TPSA) is 72.8 Å². The van der Waals surface area contributed by atoms with Gasteiger partial charge in [-0.1, -0.05) is 0 Å². The summed E-state index contributed by atoms with van der Waals surface area (Å²) in [6, 6.07) is 2.24. The third-order valence-electron chi connectivity index (χ3n) is 3.05. The number of benzene rings is 1. The van der Waals surface area contributed by atoms with E-state index in [1.807, 2.05) is 0 Å². The number of carboxylic acid groups (broad SMARTS) is 1. The number of hydrogen-bond donors (Lipinski definition) is 1. The van der Waals surface area contributed by atoms with E-state index in [1.165, 1.54) is 14.2 Å². The van der Waals surface area contributed by atoms with E-state index in [2.05, 4.69) is 0 Å². The van der Waals surface area contributed by atoms with Crippen molar-refractivity contribution in [2.45, 2.75) is 25.7 Å². The molecule has 0 saturated heterocycles. The third-order valence-corrected chi connectivity index (χ3v) is 3.05. The molecule has 0 spiro atoms. The lowest BCUT2D eigenvalue weighted by molar-refractivity contribution is -0.146. The van der Waals surface area contributed by atoms with Crippen molar-refractivity contribution in [2.24, 2.45) is 0 Å². The van der Waals surface area contributed by atoms with Crippen LogP contribution in [0, 0.1) is 5.82 Å². The lowest BCUT2D eigenvalue weighted by atomic mass is 9.82. The molecule has 0 fully saturated rings. The minimum atomic E-state index is -1.16. The van der Waals surface area contributed by atoms with Crippen molar-refractivity contribution in [1.29, 1.82) is 0 Å². The van der Waals surface area contributed by atoms with Crippen LogP contribution in [0.2, 0.25) is 0 Å². The number of carbonyl (C=O) groups is 2. The average molecular weight is 284 g/mol. The van der Waals surface area contributed by atoms with Gasteiger partial charge in [-0.05, 0) is 26.0 Å². The Hall–Kier alpha value is -2.11. The third kappa shape index (κ3) is 3.07. The van der Waals surface area contributed by atoms with Gasteiger partial charge < -0.3 is 14.6 Å². The van der Waals surface area contributed by atoms with Gasteiger partial charge in [-0.3, -0.25) is 9.59 Å². The molecule has 1 aromatic carbocycles. The zero-order valence-electron chi connectivity index (χ0n) is 11.8. The molecule has 0 radical (unpaired) electrons. The van der Waals surface area contributed by atoms with Crippen molar-refractivity contribution in [1.82, 2.24) is 0 Å². The number of aliphatic carboxylic acids is 1. The summed E-state index contributed by atoms with van der Waals surface area (Å²) in [7, 11) is 2.57. The van der Waals surface area contributed by atoms with Gasteiger partial charge in [0.1, 0.15) is 11.6 Å². The summed E-state index contributed by atoms with van der Waals surface area (Å²) in [5.41, 5.74) is -0.731. The second-order valence-corrected chi connectivity index (χ2v) is 4.83. The molecule has 0 heterocycles. The van der Waals surface area contributed by atoms with E-state index in [0.717, 1.165) is 12.1 Å². The fourth-order valence-electron chi connectivity index (χ4n) is 2.01. The molecule has 0 aliphatic heterocycles. The first-order valence-electron chi connectivity index (χ1n) is 5.91. The summed E-state index contributed by atoms with van der Waals surface area (Å²) in [5, 5.41) is 8.86. The van der Waals surface area contributed by atoms with Crippen LogP contribution in [0.4, 0.5) is 4.39 Å². The summed E-state index contributed by atoms with van der Waals surface area (Å²) in [6.45, 7) is 3.11. The molecular formula is C14H17FO5. The fourth-order valence-corrected chi connectivity index (χ4v) is 2.01. The Morgan fingerprint density at radius 2 is 1.90 bits per heavy atom. The Bertz CT molecular complexity index is 537. The van der Waals surface area contributed by atoms with Gasteiger partial charge in [0.25, 0.3) is 0 Å². The average Bonchev–Trinajstić information content (AvgIpc) is 2.36. The first-order valence-corrected chi connectivity index (χ1v) is 5.91. The second kappa shape index (κ2) is 5.90. The summed E-state index contributed by atoms with van der Waals surface area (Å²) in [5.74, 6) is -2.13.